The van der Waals surface area contributed by atoms with Crippen molar-refractivity contribution in [2.45, 2.75) is 59.6 Å². The summed E-state index contributed by atoms with van der Waals surface area (Å²) in [7, 11) is 0. The third-order valence-electron chi connectivity index (χ3n) is 2.81. The van der Waals surface area contributed by atoms with Crippen molar-refractivity contribution in [3.05, 3.63) is 15.6 Å². The van der Waals surface area contributed by atoms with E-state index >= 15 is 0 Å². The van der Waals surface area contributed by atoms with Crippen LogP contribution in [0.2, 0.25) is 0 Å². The number of aryl methyl sites for hydroxylation is 2. The number of nitrogens with zero attached hydrogens (tertiary/aromatic N) is 1. The standard InChI is InChI=1S/C14H26N2OS/c1-6-7-15-13(9-17-10(2)3)8-14-16-11(4)12(5)18-14/h10,13,15H,6-9H2,1-5H3. The van der Waals surface area contributed by atoms with Gasteiger partial charge in [0.2, 0.25) is 0 Å². The zero-order chi connectivity index (χ0) is 13.5. The molecule has 1 rings (SSSR count). The Hall–Kier alpha value is -0.450. The number of aromatic nitrogens is 1. The first-order chi connectivity index (χ1) is 8.52. The Morgan fingerprint density at radius 2 is 2.06 bits per heavy atom. The van der Waals surface area contributed by atoms with Gasteiger partial charge in [-0.1, -0.05) is 6.92 Å². The lowest BCUT2D eigenvalue weighted by Gasteiger charge is -2.19. The SMILES string of the molecule is CCCNC(COC(C)C)Cc1nc(C)c(C)s1. The molecule has 0 aromatic carbocycles. The molecule has 0 saturated heterocycles. The fourth-order valence-electron chi connectivity index (χ4n) is 1.68. The van der Waals surface area contributed by atoms with Crippen molar-refractivity contribution in [2.75, 3.05) is 13.2 Å². The third kappa shape index (κ3) is 5.46. The molecule has 18 heavy (non-hydrogen) atoms. The van der Waals surface area contributed by atoms with E-state index in [9.17, 15) is 0 Å². The highest BCUT2D eigenvalue weighted by Crippen LogP contribution is 2.18. The Morgan fingerprint density at radius 1 is 1.33 bits per heavy atom. The minimum absolute atomic E-state index is 0.288. The molecule has 1 atom stereocenters. The minimum atomic E-state index is 0.288. The zero-order valence-corrected chi connectivity index (χ0v) is 13.1. The Morgan fingerprint density at radius 3 is 2.56 bits per heavy atom. The second-order valence-corrected chi connectivity index (χ2v) is 6.27. The molecule has 0 aliphatic rings. The van der Waals surface area contributed by atoms with Crippen LogP contribution in [0.5, 0.6) is 0 Å². The molecule has 0 aliphatic heterocycles. The van der Waals surface area contributed by atoms with E-state index in [2.05, 4.69) is 44.9 Å². The van der Waals surface area contributed by atoms with E-state index < -0.39 is 0 Å². The predicted octanol–water partition coefficient (Wildman–Crippen LogP) is 3.10. The van der Waals surface area contributed by atoms with Crippen LogP contribution in [0.3, 0.4) is 0 Å². The summed E-state index contributed by atoms with van der Waals surface area (Å²) in [6.45, 7) is 12.4. The van der Waals surface area contributed by atoms with Gasteiger partial charge in [-0.25, -0.2) is 4.98 Å². The highest BCUT2D eigenvalue weighted by Gasteiger charge is 2.13. The van der Waals surface area contributed by atoms with Crippen molar-refractivity contribution in [2.24, 2.45) is 0 Å². The maximum absolute atomic E-state index is 5.72. The molecule has 0 radical (unpaired) electrons. The number of thiazole rings is 1. The molecular weight excluding hydrogens is 244 g/mol. The maximum Gasteiger partial charge on any atom is 0.0947 e. The van der Waals surface area contributed by atoms with Crippen LogP contribution in [0.25, 0.3) is 0 Å². The molecule has 3 nitrogen and oxygen atoms in total. The minimum Gasteiger partial charge on any atom is -0.377 e. The van der Waals surface area contributed by atoms with Gasteiger partial charge in [0, 0.05) is 17.3 Å². The van der Waals surface area contributed by atoms with Gasteiger partial charge in [0.1, 0.15) is 0 Å². The van der Waals surface area contributed by atoms with Crippen molar-refractivity contribution in [1.29, 1.82) is 0 Å². The Balaban J connectivity index is 2.53. The van der Waals surface area contributed by atoms with Gasteiger partial charge in [0.25, 0.3) is 0 Å². The molecule has 4 heteroatoms. The maximum atomic E-state index is 5.72. The van der Waals surface area contributed by atoms with E-state index in [0.717, 1.165) is 31.7 Å². The first kappa shape index (κ1) is 15.6. The van der Waals surface area contributed by atoms with E-state index in [1.807, 2.05) is 0 Å². The molecule has 0 amide bonds. The lowest BCUT2D eigenvalue weighted by atomic mass is 10.2. The molecule has 0 saturated carbocycles. The summed E-state index contributed by atoms with van der Waals surface area (Å²) in [5.74, 6) is 0. The van der Waals surface area contributed by atoms with Crippen molar-refractivity contribution >= 4 is 11.3 Å². The first-order valence-corrected chi connectivity index (χ1v) is 7.62. The van der Waals surface area contributed by atoms with E-state index in [-0.39, 0.29) is 6.10 Å². The number of ether oxygens (including phenoxy) is 1. The summed E-state index contributed by atoms with van der Waals surface area (Å²) in [5, 5.41) is 4.76. The summed E-state index contributed by atoms with van der Waals surface area (Å²) < 4.78 is 5.72. The van der Waals surface area contributed by atoms with Crippen LogP contribution in [0.4, 0.5) is 0 Å². The fourth-order valence-corrected chi connectivity index (χ4v) is 2.70. The average molecular weight is 270 g/mol. The lowest BCUT2D eigenvalue weighted by Crippen LogP contribution is -2.36. The summed E-state index contributed by atoms with van der Waals surface area (Å²) in [5.41, 5.74) is 1.16. The largest absolute Gasteiger partial charge is 0.377 e. The molecule has 1 aromatic heterocycles. The van der Waals surface area contributed by atoms with Crippen LogP contribution >= 0.6 is 11.3 Å². The van der Waals surface area contributed by atoms with Crippen LogP contribution < -0.4 is 5.32 Å². The van der Waals surface area contributed by atoms with E-state index in [1.165, 1.54) is 9.88 Å². The topological polar surface area (TPSA) is 34.1 Å². The van der Waals surface area contributed by atoms with Crippen LogP contribution in [0.15, 0.2) is 0 Å². The van der Waals surface area contributed by atoms with Crippen LogP contribution in [-0.4, -0.2) is 30.3 Å². The van der Waals surface area contributed by atoms with Gasteiger partial charge in [0.15, 0.2) is 0 Å². The second kappa shape index (κ2) is 7.87. The van der Waals surface area contributed by atoms with Crippen LogP contribution in [0, 0.1) is 13.8 Å². The molecule has 0 bridgehead atoms. The van der Waals surface area contributed by atoms with Crippen molar-refractivity contribution in [1.82, 2.24) is 10.3 Å². The second-order valence-electron chi connectivity index (χ2n) is 4.99. The van der Waals surface area contributed by atoms with Gasteiger partial charge in [-0.15, -0.1) is 11.3 Å². The van der Waals surface area contributed by atoms with Gasteiger partial charge < -0.3 is 10.1 Å². The van der Waals surface area contributed by atoms with Crippen LogP contribution in [-0.2, 0) is 11.2 Å². The van der Waals surface area contributed by atoms with Crippen molar-refractivity contribution in [3.8, 4) is 0 Å². The number of hydrogen-bond donors (Lipinski definition) is 1. The van der Waals surface area contributed by atoms with Crippen molar-refractivity contribution in [3.63, 3.8) is 0 Å². The molecule has 1 N–H and O–H groups in total. The number of hydrogen-bond acceptors (Lipinski definition) is 4. The number of nitrogens with one attached hydrogen (secondary N) is 1. The first-order valence-electron chi connectivity index (χ1n) is 6.80. The van der Waals surface area contributed by atoms with E-state index in [0.29, 0.717) is 6.04 Å². The van der Waals surface area contributed by atoms with Gasteiger partial charge in [0.05, 0.1) is 23.4 Å². The van der Waals surface area contributed by atoms with Crippen LogP contribution in [0.1, 0.15) is 42.8 Å². The summed E-state index contributed by atoms with van der Waals surface area (Å²) >= 11 is 1.80. The molecule has 104 valence electrons. The number of rotatable bonds is 8. The summed E-state index contributed by atoms with van der Waals surface area (Å²) in [4.78, 5) is 5.93. The monoisotopic (exact) mass is 270 g/mol. The van der Waals surface area contributed by atoms with Crippen molar-refractivity contribution < 1.29 is 4.74 Å². The molecule has 0 fully saturated rings. The van der Waals surface area contributed by atoms with E-state index in [1.54, 1.807) is 11.3 Å². The highest BCUT2D eigenvalue weighted by atomic mass is 32.1. The Labute approximate surface area is 115 Å². The van der Waals surface area contributed by atoms with Gasteiger partial charge in [-0.05, 0) is 40.7 Å². The average Bonchev–Trinajstić information content (AvgIpc) is 2.61. The van der Waals surface area contributed by atoms with Gasteiger partial charge in [-0.3, -0.25) is 0 Å². The summed E-state index contributed by atoms with van der Waals surface area (Å²) in [6.07, 6.45) is 2.40. The highest BCUT2D eigenvalue weighted by molar-refractivity contribution is 7.11. The van der Waals surface area contributed by atoms with Gasteiger partial charge in [-0.2, -0.15) is 0 Å². The molecule has 1 heterocycles. The Bertz CT molecular complexity index is 330. The third-order valence-corrected chi connectivity index (χ3v) is 3.90. The molecule has 1 aromatic rings. The molecular formula is C14H26N2OS. The Kier molecular flexibility index (Phi) is 6.82. The summed E-state index contributed by atoms with van der Waals surface area (Å²) in [6, 6.07) is 0.373. The van der Waals surface area contributed by atoms with Gasteiger partial charge >= 0.3 is 0 Å². The van der Waals surface area contributed by atoms with E-state index in [4.69, 9.17) is 4.74 Å². The lowest BCUT2D eigenvalue weighted by molar-refractivity contribution is 0.0613. The molecule has 0 aliphatic carbocycles. The molecule has 0 spiro atoms. The predicted molar refractivity (Wildman–Crippen MR) is 78.5 cm³/mol. The zero-order valence-electron chi connectivity index (χ0n) is 12.2. The molecule has 1 unspecified atom stereocenters. The normalized spacial score (nSPS) is 13.2. The fraction of sp³-hybridized carbons (Fsp3) is 0.786. The quantitative estimate of drug-likeness (QED) is 0.788. The smallest absolute Gasteiger partial charge is 0.0947 e.